The third-order valence-corrected chi connectivity index (χ3v) is 4.29. The second kappa shape index (κ2) is 3.67. The van der Waals surface area contributed by atoms with Gasteiger partial charge in [-0.3, -0.25) is 0 Å². The highest BCUT2D eigenvalue weighted by Crippen LogP contribution is 2.36. The predicted octanol–water partition coefficient (Wildman–Crippen LogP) is 2.97. The molecule has 0 bridgehead atoms. The van der Waals surface area contributed by atoms with E-state index in [0.29, 0.717) is 0 Å². The van der Waals surface area contributed by atoms with Crippen LogP contribution in [0.2, 0.25) is 0 Å². The van der Waals surface area contributed by atoms with Crippen molar-refractivity contribution in [3.63, 3.8) is 0 Å². The lowest BCUT2D eigenvalue weighted by molar-refractivity contribution is 0.0433. The quantitative estimate of drug-likeness (QED) is 0.776. The molecule has 1 aliphatic rings. The van der Waals surface area contributed by atoms with Crippen molar-refractivity contribution in [2.24, 2.45) is 0 Å². The maximum atomic E-state index is 5.51. The standard InChI is InChI=1S/C9H12BrNOS/c1-9(3-2-4-12-6-9)7-5-11-8(10)13-7/h5H,2-4,6H2,1H3. The van der Waals surface area contributed by atoms with Crippen LogP contribution in [0.25, 0.3) is 0 Å². The Bertz CT molecular complexity index is 294. The van der Waals surface area contributed by atoms with Gasteiger partial charge in [0.25, 0.3) is 0 Å². The molecule has 0 aromatic carbocycles. The summed E-state index contributed by atoms with van der Waals surface area (Å²) in [6.45, 7) is 4.00. The molecule has 1 unspecified atom stereocenters. The third-order valence-electron chi connectivity index (χ3n) is 2.51. The van der Waals surface area contributed by atoms with Crippen LogP contribution in [0.4, 0.5) is 0 Å². The molecular formula is C9H12BrNOS. The summed E-state index contributed by atoms with van der Waals surface area (Å²) in [5.41, 5.74) is 0.196. The molecule has 1 saturated heterocycles. The van der Waals surface area contributed by atoms with Crippen LogP contribution >= 0.6 is 27.3 Å². The van der Waals surface area contributed by atoms with Crippen LogP contribution in [0.15, 0.2) is 10.1 Å². The first-order chi connectivity index (χ1) is 6.21. The van der Waals surface area contributed by atoms with Gasteiger partial charge in [-0.15, -0.1) is 11.3 Å². The summed E-state index contributed by atoms with van der Waals surface area (Å²) in [5.74, 6) is 0. The smallest absolute Gasteiger partial charge is 0.159 e. The van der Waals surface area contributed by atoms with E-state index in [9.17, 15) is 0 Å². The van der Waals surface area contributed by atoms with Crippen LogP contribution in [0.3, 0.4) is 0 Å². The van der Waals surface area contributed by atoms with Gasteiger partial charge in [-0.2, -0.15) is 0 Å². The predicted molar refractivity (Wildman–Crippen MR) is 57.2 cm³/mol. The highest BCUT2D eigenvalue weighted by atomic mass is 79.9. The Kier molecular flexibility index (Phi) is 2.72. The Morgan fingerprint density at radius 1 is 1.69 bits per heavy atom. The number of nitrogens with zero attached hydrogens (tertiary/aromatic N) is 1. The average Bonchev–Trinajstić information content (AvgIpc) is 2.54. The molecule has 1 atom stereocenters. The second-order valence-corrected chi connectivity index (χ2v) is 6.00. The Hall–Kier alpha value is 0.0700. The van der Waals surface area contributed by atoms with Crippen molar-refractivity contribution in [2.45, 2.75) is 25.2 Å². The van der Waals surface area contributed by atoms with Gasteiger partial charge in [-0.1, -0.05) is 6.92 Å². The molecule has 0 aliphatic carbocycles. The van der Waals surface area contributed by atoms with Crippen molar-refractivity contribution in [3.8, 4) is 0 Å². The monoisotopic (exact) mass is 261 g/mol. The molecule has 0 spiro atoms. The molecule has 72 valence electrons. The molecule has 0 saturated carbocycles. The minimum absolute atomic E-state index is 0.196. The van der Waals surface area contributed by atoms with Crippen molar-refractivity contribution < 1.29 is 4.74 Å². The van der Waals surface area contributed by atoms with Gasteiger partial charge in [0.15, 0.2) is 3.92 Å². The van der Waals surface area contributed by atoms with Gasteiger partial charge in [0.2, 0.25) is 0 Å². The summed E-state index contributed by atoms with van der Waals surface area (Å²) in [7, 11) is 0. The molecule has 0 N–H and O–H groups in total. The highest BCUT2D eigenvalue weighted by Gasteiger charge is 2.31. The fourth-order valence-corrected chi connectivity index (χ4v) is 3.09. The Morgan fingerprint density at radius 3 is 3.08 bits per heavy atom. The number of thiazole rings is 1. The van der Waals surface area contributed by atoms with Crippen LogP contribution in [0.1, 0.15) is 24.6 Å². The first kappa shape index (κ1) is 9.62. The number of hydrogen-bond acceptors (Lipinski definition) is 3. The van der Waals surface area contributed by atoms with Gasteiger partial charge < -0.3 is 4.74 Å². The van der Waals surface area contributed by atoms with Gasteiger partial charge >= 0.3 is 0 Å². The minimum atomic E-state index is 0.196. The van der Waals surface area contributed by atoms with Gasteiger partial charge in [-0.25, -0.2) is 4.98 Å². The SMILES string of the molecule is CC1(c2cnc(Br)s2)CCCOC1. The van der Waals surface area contributed by atoms with Crippen LogP contribution < -0.4 is 0 Å². The molecule has 0 amide bonds. The highest BCUT2D eigenvalue weighted by molar-refractivity contribution is 9.11. The molecular weight excluding hydrogens is 250 g/mol. The number of halogens is 1. The molecule has 1 aliphatic heterocycles. The molecule has 1 aromatic heterocycles. The molecule has 1 fully saturated rings. The van der Waals surface area contributed by atoms with Gasteiger partial charge in [0.05, 0.1) is 6.61 Å². The Morgan fingerprint density at radius 2 is 2.54 bits per heavy atom. The summed E-state index contributed by atoms with van der Waals surface area (Å²) >= 11 is 5.11. The van der Waals surface area contributed by atoms with Crippen molar-refractivity contribution in [1.29, 1.82) is 0 Å². The number of hydrogen-bond donors (Lipinski definition) is 0. The molecule has 1 aromatic rings. The van der Waals surface area contributed by atoms with E-state index in [-0.39, 0.29) is 5.41 Å². The van der Waals surface area contributed by atoms with Crippen LogP contribution in [-0.2, 0) is 10.2 Å². The molecule has 2 heterocycles. The molecule has 0 radical (unpaired) electrons. The van der Waals surface area contributed by atoms with Crippen LogP contribution in [0, 0.1) is 0 Å². The second-order valence-electron chi connectivity index (χ2n) is 3.69. The first-order valence-electron chi connectivity index (χ1n) is 4.40. The van der Waals surface area contributed by atoms with Gasteiger partial charge in [-0.05, 0) is 28.8 Å². The summed E-state index contributed by atoms with van der Waals surface area (Å²) < 4.78 is 6.48. The molecule has 2 rings (SSSR count). The first-order valence-corrected chi connectivity index (χ1v) is 6.01. The fraction of sp³-hybridized carbons (Fsp3) is 0.667. The van der Waals surface area contributed by atoms with Crippen LogP contribution in [0.5, 0.6) is 0 Å². The number of ether oxygens (including phenoxy) is 1. The lowest BCUT2D eigenvalue weighted by atomic mass is 9.84. The maximum absolute atomic E-state index is 5.51. The summed E-state index contributed by atoms with van der Waals surface area (Å²) in [6, 6.07) is 0. The third kappa shape index (κ3) is 1.95. The maximum Gasteiger partial charge on any atom is 0.159 e. The number of rotatable bonds is 1. The molecule has 4 heteroatoms. The summed E-state index contributed by atoms with van der Waals surface area (Å²) in [4.78, 5) is 5.55. The van der Waals surface area contributed by atoms with E-state index < -0.39 is 0 Å². The summed E-state index contributed by atoms with van der Waals surface area (Å²) in [6.07, 6.45) is 4.33. The van der Waals surface area contributed by atoms with E-state index >= 15 is 0 Å². The topological polar surface area (TPSA) is 22.1 Å². The Labute approximate surface area is 90.5 Å². The lowest BCUT2D eigenvalue weighted by Crippen LogP contribution is -2.32. The van der Waals surface area contributed by atoms with E-state index in [1.165, 1.54) is 11.3 Å². The van der Waals surface area contributed by atoms with Crippen molar-refractivity contribution in [3.05, 3.63) is 15.0 Å². The van der Waals surface area contributed by atoms with Crippen molar-refractivity contribution >= 4 is 27.3 Å². The largest absolute Gasteiger partial charge is 0.381 e. The molecule has 2 nitrogen and oxygen atoms in total. The van der Waals surface area contributed by atoms with Gasteiger partial charge in [0.1, 0.15) is 0 Å². The van der Waals surface area contributed by atoms with Crippen LogP contribution in [-0.4, -0.2) is 18.2 Å². The Balaban J connectivity index is 2.22. The molecule has 13 heavy (non-hydrogen) atoms. The fourth-order valence-electron chi connectivity index (χ4n) is 1.66. The van der Waals surface area contributed by atoms with E-state index in [4.69, 9.17) is 4.74 Å². The van der Waals surface area contributed by atoms with E-state index in [0.717, 1.165) is 23.6 Å². The normalized spacial score (nSPS) is 29.1. The zero-order valence-corrected chi connectivity index (χ0v) is 9.95. The van der Waals surface area contributed by atoms with E-state index in [1.807, 2.05) is 6.20 Å². The van der Waals surface area contributed by atoms with E-state index in [1.54, 1.807) is 11.3 Å². The zero-order chi connectivity index (χ0) is 9.31. The van der Waals surface area contributed by atoms with Crippen molar-refractivity contribution in [2.75, 3.05) is 13.2 Å². The minimum Gasteiger partial charge on any atom is -0.381 e. The zero-order valence-electron chi connectivity index (χ0n) is 7.55. The average molecular weight is 262 g/mol. The lowest BCUT2D eigenvalue weighted by Gasteiger charge is -2.31. The number of aromatic nitrogens is 1. The van der Waals surface area contributed by atoms with Crippen molar-refractivity contribution in [1.82, 2.24) is 4.98 Å². The summed E-state index contributed by atoms with van der Waals surface area (Å²) in [5, 5.41) is 0. The van der Waals surface area contributed by atoms with Gasteiger partial charge in [0, 0.05) is 23.1 Å². The van der Waals surface area contributed by atoms with E-state index in [2.05, 4.69) is 27.8 Å².